The quantitative estimate of drug-likeness (QED) is 0.278. The topological polar surface area (TPSA) is 142 Å². The fourth-order valence-electron chi connectivity index (χ4n) is 4.66. The van der Waals surface area contributed by atoms with E-state index < -0.39 is 24.0 Å². The van der Waals surface area contributed by atoms with Gasteiger partial charge in [0.1, 0.15) is 23.1 Å². The normalized spacial score (nSPS) is 14.5. The number of aromatic nitrogens is 1. The molecule has 1 aliphatic carbocycles. The summed E-state index contributed by atoms with van der Waals surface area (Å²) in [5.74, 6) is -1.68. The van der Waals surface area contributed by atoms with Gasteiger partial charge in [-0.25, -0.2) is 9.59 Å². The lowest BCUT2D eigenvalue weighted by Crippen LogP contribution is -2.47. The van der Waals surface area contributed by atoms with Crippen molar-refractivity contribution in [3.8, 4) is 11.5 Å². The molecule has 2 atom stereocenters. The number of carboxylic acids is 1. The van der Waals surface area contributed by atoms with Crippen LogP contribution in [0.4, 0.5) is 0 Å². The number of phenols is 1. The number of carbonyl (C=O) groups excluding carboxylic acids is 1. The lowest BCUT2D eigenvalue weighted by atomic mass is 10.0. The average molecular weight is 511 g/mol. The van der Waals surface area contributed by atoms with Gasteiger partial charge in [-0.2, -0.15) is 0 Å². The molecule has 2 aromatic carbocycles. The van der Waals surface area contributed by atoms with Crippen molar-refractivity contribution >= 4 is 45.3 Å². The highest BCUT2D eigenvalue weighted by atomic mass is 35.5. The van der Waals surface area contributed by atoms with Crippen LogP contribution >= 0.6 is 11.6 Å². The first-order valence-electron chi connectivity index (χ1n) is 11.5. The number of benzene rings is 2. The van der Waals surface area contributed by atoms with E-state index in [9.17, 15) is 24.6 Å². The molecular formula is C26H23ClN2O7. The Morgan fingerprint density at radius 2 is 1.97 bits per heavy atom. The molecule has 1 amide bonds. The Balaban J connectivity index is 1.33. The van der Waals surface area contributed by atoms with Gasteiger partial charge in [0.05, 0.1) is 5.02 Å². The lowest BCUT2D eigenvalue weighted by Gasteiger charge is -2.19. The Morgan fingerprint density at radius 1 is 1.19 bits per heavy atom. The van der Waals surface area contributed by atoms with Crippen LogP contribution in [0, 0.1) is 0 Å². The number of carboxylic acid groups (broad SMARTS) is 1. The number of aliphatic carboxylic acids is 1. The fourth-order valence-corrected chi connectivity index (χ4v) is 4.87. The molecule has 1 aliphatic rings. The predicted octanol–water partition coefficient (Wildman–Crippen LogP) is 3.70. The monoisotopic (exact) mass is 510 g/mol. The number of carbonyl (C=O) groups is 2. The molecule has 0 saturated heterocycles. The third kappa shape index (κ3) is 4.37. The van der Waals surface area contributed by atoms with E-state index in [1.807, 2.05) is 0 Å². The number of aryl methyl sites for hydroxylation is 1. The van der Waals surface area contributed by atoms with Gasteiger partial charge < -0.3 is 29.7 Å². The Hall–Kier alpha value is -3.98. The van der Waals surface area contributed by atoms with Crippen LogP contribution in [0.5, 0.6) is 11.5 Å². The molecule has 10 heteroatoms. The molecule has 5 rings (SSSR count). The first-order chi connectivity index (χ1) is 17.2. The first kappa shape index (κ1) is 23.7. The maximum Gasteiger partial charge on any atom is 0.339 e. The molecule has 0 spiro atoms. The molecule has 0 fully saturated rings. The zero-order valence-corrected chi connectivity index (χ0v) is 20.0. The van der Waals surface area contributed by atoms with Crippen LogP contribution in [0.2, 0.25) is 5.02 Å². The van der Waals surface area contributed by atoms with Crippen LogP contribution in [0.1, 0.15) is 30.0 Å². The molecule has 2 heterocycles. The summed E-state index contributed by atoms with van der Waals surface area (Å²) in [6, 6.07) is 6.64. The number of hydrogen-bond donors (Lipinski definition) is 4. The summed E-state index contributed by atoms with van der Waals surface area (Å²) in [6.07, 6.45) is 2.85. The van der Waals surface area contributed by atoms with Gasteiger partial charge >= 0.3 is 11.6 Å². The number of aromatic amines is 1. The van der Waals surface area contributed by atoms with E-state index >= 15 is 0 Å². The van der Waals surface area contributed by atoms with Gasteiger partial charge in [-0.15, -0.1) is 0 Å². The lowest BCUT2D eigenvalue weighted by molar-refractivity contribution is -0.142. The Bertz CT molecular complexity index is 1570. The Morgan fingerprint density at radius 3 is 2.75 bits per heavy atom. The minimum Gasteiger partial charge on any atom is -0.508 e. The number of aromatic hydroxyl groups is 1. The number of nitrogens with one attached hydrogen (secondary N) is 2. The van der Waals surface area contributed by atoms with Crippen molar-refractivity contribution in [2.75, 3.05) is 0 Å². The van der Waals surface area contributed by atoms with E-state index in [1.165, 1.54) is 25.1 Å². The summed E-state index contributed by atoms with van der Waals surface area (Å²) >= 11 is 6.42. The summed E-state index contributed by atoms with van der Waals surface area (Å²) in [7, 11) is 0. The molecule has 0 bridgehead atoms. The molecule has 36 heavy (non-hydrogen) atoms. The van der Waals surface area contributed by atoms with Crippen molar-refractivity contribution in [2.24, 2.45) is 0 Å². The van der Waals surface area contributed by atoms with Gasteiger partial charge in [-0.3, -0.25) is 4.79 Å². The average Bonchev–Trinajstić information content (AvgIpc) is 3.47. The van der Waals surface area contributed by atoms with E-state index in [1.54, 1.807) is 18.3 Å². The Labute approximate surface area is 209 Å². The minimum absolute atomic E-state index is 0.00968. The van der Waals surface area contributed by atoms with Gasteiger partial charge in [0, 0.05) is 40.5 Å². The van der Waals surface area contributed by atoms with Gasteiger partial charge in [0.15, 0.2) is 6.10 Å². The summed E-state index contributed by atoms with van der Waals surface area (Å²) in [4.78, 5) is 40.0. The molecule has 0 unspecified atom stereocenters. The molecule has 0 saturated carbocycles. The standard InChI is InChI=1S/C26H23ClN2O7/c1-12(35-23-10-22-18(9-19(23)27)15-3-2-4-16(15)26(34)36-22)24(31)29-21(25(32)33)7-13-11-28-20-6-5-14(30)8-17(13)20/h5-6,8-12,21,28,30H,2-4,7H2,1H3,(H,29,31)(H,32,33)/t12-,21+/m1/s1. The summed E-state index contributed by atoms with van der Waals surface area (Å²) in [6.45, 7) is 1.47. The zero-order valence-electron chi connectivity index (χ0n) is 19.3. The second-order valence-electron chi connectivity index (χ2n) is 8.89. The van der Waals surface area contributed by atoms with Crippen LogP contribution in [0.15, 0.2) is 45.7 Å². The fraction of sp³-hybridized carbons (Fsp3) is 0.269. The van der Waals surface area contributed by atoms with Crippen molar-refractivity contribution in [3.63, 3.8) is 0 Å². The molecule has 4 N–H and O–H groups in total. The second kappa shape index (κ2) is 9.23. The molecule has 2 aromatic heterocycles. The number of rotatable bonds is 7. The van der Waals surface area contributed by atoms with Crippen molar-refractivity contribution in [2.45, 2.75) is 44.8 Å². The molecule has 9 nitrogen and oxygen atoms in total. The highest BCUT2D eigenvalue weighted by Gasteiger charge is 2.27. The minimum atomic E-state index is -1.24. The number of amides is 1. The van der Waals surface area contributed by atoms with Crippen LogP contribution in [-0.4, -0.2) is 39.2 Å². The summed E-state index contributed by atoms with van der Waals surface area (Å²) < 4.78 is 11.2. The molecule has 0 radical (unpaired) electrons. The summed E-state index contributed by atoms with van der Waals surface area (Å²) in [5, 5.41) is 23.6. The highest BCUT2D eigenvalue weighted by molar-refractivity contribution is 6.32. The van der Waals surface area contributed by atoms with E-state index in [0.29, 0.717) is 28.5 Å². The van der Waals surface area contributed by atoms with Crippen LogP contribution in [0.25, 0.3) is 21.9 Å². The van der Waals surface area contributed by atoms with Gasteiger partial charge in [0.2, 0.25) is 0 Å². The van der Waals surface area contributed by atoms with Crippen LogP contribution < -0.4 is 15.7 Å². The molecular weight excluding hydrogens is 488 g/mol. The Kier molecular flexibility index (Phi) is 6.09. The number of hydrogen-bond acceptors (Lipinski definition) is 6. The van der Waals surface area contributed by atoms with Crippen LogP contribution in [-0.2, 0) is 28.9 Å². The second-order valence-corrected chi connectivity index (χ2v) is 9.29. The van der Waals surface area contributed by atoms with E-state index in [2.05, 4.69) is 10.3 Å². The number of ether oxygens (including phenoxy) is 1. The summed E-state index contributed by atoms with van der Waals surface area (Å²) in [5.41, 5.74) is 2.89. The smallest absolute Gasteiger partial charge is 0.339 e. The third-order valence-corrected chi connectivity index (χ3v) is 6.78. The van der Waals surface area contributed by atoms with E-state index in [-0.39, 0.29) is 28.6 Å². The number of H-pyrrole nitrogens is 1. The van der Waals surface area contributed by atoms with E-state index in [4.69, 9.17) is 20.8 Å². The maximum atomic E-state index is 12.8. The van der Waals surface area contributed by atoms with Crippen molar-refractivity contribution in [1.29, 1.82) is 0 Å². The number of halogens is 1. The van der Waals surface area contributed by atoms with Crippen molar-refractivity contribution in [3.05, 3.63) is 68.7 Å². The molecule has 186 valence electrons. The van der Waals surface area contributed by atoms with Gasteiger partial charge in [0.25, 0.3) is 5.91 Å². The van der Waals surface area contributed by atoms with Crippen LogP contribution in [0.3, 0.4) is 0 Å². The van der Waals surface area contributed by atoms with E-state index in [0.717, 1.165) is 29.3 Å². The SMILES string of the molecule is C[C@@H](Oc1cc2oc(=O)c3c(c2cc1Cl)CCC3)C(=O)N[C@@H](Cc1c[nH]c2ccc(O)cc12)C(=O)O. The van der Waals surface area contributed by atoms with Crippen molar-refractivity contribution < 1.29 is 29.0 Å². The molecule has 4 aromatic rings. The maximum absolute atomic E-state index is 12.8. The predicted molar refractivity (Wildman–Crippen MR) is 133 cm³/mol. The third-order valence-electron chi connectivity index (χ3n) is 6.49. The zero-order chi connectivity index (χ0) is 25.6. The number of phenolic OH excluding ortho intramolecular Hbond substituents is 1. The largest absolute Gasteiger partial charge is 0.508 e. The number of fused-ring (bicyclic) bond motifs is 4. The van der Waals surface area contributed by atoms with Gasteiger partial charge in [-0.1, -0.05) is 11.6 Å². The van der Waals surface area contributed by atoms with Crippen molar-refractivity contribution in [1.82, 2.24) is 10.3 Å². The highest BCUT2D eigenvalue weighted by Crippen LogP contribution is 2.35. The molecule has 0 aliphatic heterocycles. The first-order valence-corrected chi connectivity index (χ1v) is 11.9. The van der Waals surface area contributed by atoms with Gasteiger partial charge in [-0.05, 0) is 61.6 Å².